The lowest BCUT2D eigenvalue weighted by Gasteiger charge is -2.27. The Morgan fingerprint density at radius 1 is 1.00 bits per heavy atom. The Balaban J connectivity index is 2.18. The summed E-state index contributed by atoms with van der Waals surface area (Å²) in [6.45, 7) is 3.39. The quantitative estimate of drug-likeness (QED) is 0.159. The number of benzene rings is 1. The van der Waals surface area contributed by atoms with Crippen LogP contribution in [-0.4, -0.2) is 73.8 Å². The zero-order valence-electron chi connectivity index (χ0n) is 20.0. The highest BCUT2D eigenvalue weighted by atomic mass is 32.1. The first-order valence-corrected chi connectivity index (χ1v) is 11.9. The number of aromatic hydroxyl groups is 1. The van der Waals surface area contributed by atoms with Gasteiger partial charge in [-0.3, -0.25) is 14.4 Å². The number of carbonyl (C=O) groups is 4. The van der Waals surface area contributed by atoms with Gasteiger partial charge in [0.05, 0.1) is 12.4 Å². The largest absolute Gasteiger partial charge is 0.508 e. The molecule has 2 aromatic rings. The lowest BCUT2D eigenvalue weighted by Crippen LogP contribution is -2.59. The zero-order chi connectivity index (χ0) is 26.8. The van der Waals surface area contributed by atoms with E-state index in [0.717, 1.165) is 0 Å². The molecule has 0 spiro atoms. The zero-order valence-corrected chi connectivity index (χ0v) is 20.9. The van der Waals surface area contributed by atoms with Gasteiger partial charge in [0, 0.05) is 30.5 Å². The minimum absolute atomic E-state index is 0.0268. The lowest BCUT2D eigenvalue weighted by atomic mass is 10.00. The summed E-state index contributed by atoms with van der Waals surface area (Å²) in [4.78, 5) is 56.9. The number of carboxylic acid groups (broad SMARTS) is 1. The van der Waals surface area contributed by atoms with Gasteiger partial charge < -0.3 is 36.9 Å². The molecular weight excluding hydrogens is 488 g/mol. The van der Waals surface area contributed by atoms with Crippen LogP contribution in [0.3, 0.4) is 0 Å². The summed E-state index contributed by atoms with van der Waals surface area (Å²) in [6.07, 6.45) is 2.88. The molecule has 3 amide bonds. The number of H-pyrrole nitrogens is 1. The number of nitrogens with two attached hydrogens (primary N) is 1. The second-order valence-corrected chi connectivity index (χ2v) is 9.00. The van der Waals surface area contributed by atoms with Gasteiger partial charge in [-0.15, -0.1) is 0 Å². The first-order valence-electron chi connectivity index (χ1n) is 11.3. The van der Waals surface area contributed by atoms with Crippen molar-refractivity contribution < 1.29 is 29.4 Å². The molecule has 2 rings (SSSR count). The lowest BCUT2D eigenvalue weighted by molar-refractivity contribution is -0.142. The summed E-state index contributed by atoms with van der Waals surface area (Å²) in [5.74, 6) is -3.49. The fourth-order valence-corrected chi connectivity index (χ4v) is 3.47. The monoisotopic (exact) mass is 520 g/mol. The second-order valence-electron chi connectivity index (χ2n) is 8.63. The Labute approximate surface area is 213 Å². The smallest absolute Gasteiger partial charge is 0.326 e. The van der Waals surface area contributed by atoms with Gasteiger partial charge in [-0.1, -0.05) is 26.0 Å². The van der Waals surface area contributed by atoms with E-state index in [1.54, 1.807) is 26.0 Å². The van der Waals surface area contributed by atoms with Gasteiger partial charge >= 0.3 is 5.97 Å². The number of thiol groups is 1. The number of nitrogens with one attached hydrogen (secondary N) is 4. The summed E-state index contributed by atoms with van der Waals surface area (Å²) in [5, 5.41) is 26.7. The average molecular weight is 521 g/mol. The number of amides is 3. The Bertz CT molecular complexity index is 1030. The van der Waals surface area contributed by atoms with E-state index in [1.165, 1.54) is 24.7 Å². The van der Waals surface area contributed by atoms with E-state index >= 15 is 0 Å². The Hall–Kier alpha value is -3.58. The van der Waals surface area contributed by atoms with Crippen molar-refractivity contribution in [3.63, 3.8) is 0 Å². The van der Waals surface area contributed by atoms with Crippen molar-refractivity contribution in [2.24, 2.45) is 11.7 Å². The molecule has 0 aliphatic rings. The van der Waals surface area contributed by atoms with Crippen LogP contribution in [0, 0.1) is 5.92 Å². The van der Waals surface area contributed by atoms with Crippen LogP contribution >= 0.6 is 12.6 Å². The number of hydrogen-bond donors (Lipinski definition) is 8. The van der Waals surface area contributed by atoms with Crippen LogP contribution in [-0.2, 0) is 32.0 Å². The number of aromatic amines is 1. The van der Waals surface area contributed by atoms with Gasteiger partial charge in [0.2, 0.25) is 17.7 Å². The predicted molar refractivity (Wildman–Crippen MR) is 134 cm³/mol. The van der Waals surface area contributed by atoms with Crippen molar-refractivity contribution in [1.29, 1.82) is 0 Å². The van der Waals surface area contributed by atoms with Crippen LogP contribution in [0.1, 0.15) is 25.1 Å². The van der Waals surface area contributed by atoms with Crippen LogP contribution in [0.25, 0.3) is 0 Å². The predicted octanol–water partition coefficient (Wildman–Crippen LogP) is -0.647. The van der Waals surface area contributed by atoms with E-state index in [0.29, 0.717) is 11.3 Å². The maximum absolute atomic E-state index is 13.2. The molecule has 0 aliphatic heterocycles. The van der Waals surface area contributed by atoms with Crippen molar-refractivity contribution >= 4 is 36.3 Å². The van der Waals surface area contributed by atoms with Gasteiger partial charge in [-0.05, 0) is 23.6 Å². The van der Waals surface area contributed by atoms with E-state index < -0.39 is 53.8 Å². The second kappa shape index (κ2) is 13.5. The van der Waals surface area contributed by atoms with E-state index in [1.807, 2.05) is 0 Å². The maximum Gasteiger partial charge on any atom is 0.326 e. The number of aromatic nitrogens is 2. The van der Waals surface area contributed by atoms with Crippen molar-refractivity contribution in [2.75, 3.05) is 5.75 Å². The number of phenols is 1. The molecule has 4 atom stereocenters. The molecule has 1 heterocycles. The molecule has 4 unspecified atom stereocenters. The number of rotatable bonds is 13. The highest BCUT2D eigenvalue weighted by Gasteiger charge is 2.32. The van der Waals surface area contributed by atoms with Gasteiger partial charge in [-0.25, -0.2) is 9.78 Å². The first-order chi connectivity index (χ1) is 17.0. The van der Waals surface area contributed by atoms with Crippen LogP contribution in [0.15, 0.2) is 36.8 Å². The summed E-state index contributed by atoms with van der Waals surface area (Å²) < 4.78 is 0. The van der Waals surface area contributed by atoms with Gasteiger partial charge in [0.1, 0.15) is 23.9 Å². The number of nitrogens with zero attached hydrogens (tertiary/aromatic N) is 1. The van der Waals surface area contributed by atoms with Gasteiger partial charge in [-0.2, -0.15) is 12.6 Å². The summed E-state index contributed by atoms with van der Waals surface area (Å²) in [7, 11) is 0. The van der Waals surface area contributed by atoms with Crippen LogP contribution in [0.5, 0.6) is 5.75 Å². The Morgan fingerprint density at radius 3 is 2.17 bits per heavy atom. The molecule has 0 fully saturated rings. The summed E-state index contributed by atoms with van der Waals surface area (Å²) in [5.41, 5.74) is 6.90. The number of carboxylic acids is 1. The fourth-order valence-electron chi connectivity index (χ4n) is 3.31. The molecule has 0 aliphatic carbocycles. The fraction of sp³-hybridized carbons (Fsp3) is 0.435. The van der Waals surface area contributed by atoms with Crippen molar-refractivity contribution in [1.82, 2.24) is 25.9 Å². The maximum atomic E-state index is 13.2. The Morgan fingerprint density at radius 2 is 1.64 bits per heavy atom. The molecule has 13 heteroatoms. The normalized spacial score (nSPS) is 14.4. The molecule has 0 saturated carbocycles. The molecular formula is C23H32N6O6S. The molecule has 1 aromatic carbocycles. The third kappa shape index (κ3) is 8.57. The summed E-state index contributed by atoms with van der Waals surface area (Å²) in [6, 6.07) is 1.70. The molecule has 196 valence electrons. The minimum atomic E-state index is -1.25. The number of aliphatic carboxylic acids is 1. The number of carbonyl (C=O) groups excluding carboxylic acids is 3. The molecule has 8 N–H and O–H groups in total. The number of hydrogen-bond acceptors (Lipinski definition) is 8. The Kier molecular flexibility index (Phi) is 10.7. The van der Waals surface area contributed by atoms with Crippen LogP contribution in [0.4, 0.5) is 0 Å². The third-order valence-electron chi connectivity index (χ3n) is 5.38. The molecule has 0 bridgehead atoms. The van der Waals surface area contributed by atoms with E-state index in [4.69, 9.17) is 5.73 Å². The molecule has 36 heavy (non-hydrogen) atoms. The van der Waals surface area contributed by atoms with Crippen LogP contribution < -0.4 is 21.7 Å². The standard InChI is InChI=1S/C23H32N6O6S/c1-12(2)19(22(33)28-18(23(34)35)8-14-9-25-11-26-14)29-21(32)17(27-20(31)16(24)10-36)7-13-3-5-15(30)6-4-13/h3-6,9,11-12,16-19,30,36H,7-8,10,24H2,1-2H3,(H,25,26)(H,27,31)(H,28,33)(H,29,32)(H,34,35). The minimum Gasteiger partial charge on any atom is -0.508 e. The molecule has 0 saturated heterocycles. The van der Waals surface area contributed by atoms with Gasteiger partial charge in [0.15, 0.2) is 0 Å². The van der Waals surface area contributed by atoms with Crippen LogP contribution in [0.2, 0.25) is 0 Å². The van der Waals surface area contributed by atoms with Crippen molar-refractivity contribution in [3.05, 3.63) is 48.0 Å². The molecule has 0 radical (unpaired) electrons. The number of phenolic OH excluding ortho intramolecular Hbond substituents is 1. The average Bonchev–Trinajstić information content (AvgIpc) is 3.35. The van der Waals surface area contributed by atoms with E-state index in [9.17, 15) is 29.4 Å². The van der Waals surface area contributed by atoms with Gasteiger partial charge in [0.25, 0.3) is 0 Å². The van der Waals surface area contributed by atoms with E-state index in [-0.39, 0.29) is 24.3 Å². The SMILES string of the molecule is CC(C)C(NC(=O)C(Cc1ccc(O)cc1)NC(=O)C(N)CS)C(=O)NC(Cc1cnc[nH]1)C(=O)O. The highest BCUT2D eigenvalue weighted by molar-refractivity contribution is 7.80. The van der Waals surface area contributed by atoms with E-state index in [2.05, 4.69) is 38.5 Å². The van der Waals surface area contributed by atoms with Crippen molar-refractivity contribution in [2.45, 2.75) is 50.9 Å². The third-order valence-corrected chi connectivity index (χ3v) is 5.78. The number of imidazole rings is 1. The molecule has 1 aromatic heterocycles. The topological polar surface area (TPSA) is 200 Å². The van der Waals surface area contributed by atoms with Crippen molar-refractivity contribution in [3.8, 4) is 5.75 Å². The summed E-state index contributed by atoms with van der Waals surface area (Å²) >= 11 is 4.01. The first kappa shape index (κ1) is 28.7. The molecule has 12 nitrogen and oxygen atoms in total. The highest BCUT2D eigenvalue weighted by Crippen LogP contribution is 2.12.